The molecule has 5 heteroatoms. The van der Waals surface area contributed by atoms with Gasteiger partial charge in [0.2, 0.25) is 5.91 Å². The van der Waals surface area contributed by atoms with Crippen LogP contribution in [0, 0.1) is 0 Å². The second-order valence-electron chi connectivity index (χ2n) is 5.23. The molecule has 0 aliphatic carbocycles. The molecule has 5 nitrogen and oxygen atoms in total. The number of nitrogens with one attached hydrogen (secondary N) is 3. The number of hydrazine groups is 1. The quantitative estimate of drug-likeness (QED) is 0.648. The van der Waals surface area contributed by atoms with Gasteiger partial charge < -0.3 is 4.98 Å². The molecule has 3 aromatic rings. The van der Waals surface area contributed by atoms with E-state index in [9.17, 15) is 9.59 Å². The van der Waals surface area contributed by atoms with Crippen LogP contribution in [0.1, 0.15) is 22.3 Å². The fourth-order valence-corrected chi connectivity index (χ4v) is 2.44. The smallest absolute Gasteiger partial charge is 0.269 e. The molecule has 2 amide bonds. The molecule has 0 unspecified atom stereocenters. The van der Waals surface area contributed by atoms with E-state index in [1.165, 1.54) is 0 Å². The molecule has 3 N–H and O–H groups in total. The van der Waals surface area contributed by atoms with Crippen LogP contribution >= 0.6 is 0 Å². The van der Waals surface area contributed by atoms with E-state index in [0.29, 0.717) is 18.4 Å². The molecular weight excluding hydrogens is 290 g/mol. The number of aromatic nitrogens is 1. The molecule has 23 heavy (non-hydrogen) atoms. The Hall–Kier alpha value is -3.08. The molecule has 0 aliphatic rings. The van der Waals surface area contributed by atoms with Gasteiger partial charge in [-0.15, -0.1) is 0 Å². The number of aromatic amines is 1. The van der Waals surface area contributed by atoms with Crippen molar-refractivity contribution in [2.45, 2.75) is 12.8 Å². The summed E-state index contributed by atoms with van der Waals surface area (Å²) >= 11 is 0. The van der Waals surface area contributed by atoms with Crippen molar-refractivity contribution in [2.75, 3.05) is 0 Å². The Morgan fingerprint density at radius 1 is 0.913 bits per heavy atom. The molecule has 0 aliphatic heterocycles. The number of benzene rings is 2. The third-order valence-electron chi connectivity index (χ3n) is 3.65. The monoisotopic (exact) mass is 307 g/mol. The molecule has 0 bridgehead atoms. The van der Waals surface area contributed by atoms with Crippen molar-refractivity contribution in [1.82, 2.24) is 15.8 Å². The van der Waals surface area contributed by atoms with E-state index in [0.717, 1.165) is 16.5 Å². The van der Waals surface area contributed by atoms with Crippen LogP contribution in [-0.4, -0.2) is 16.8 Å². The summed E-state index contributed by atoms with van der Waals surface area (Å²) in [6, 6.07) is 16.7. The zero-order valence-corrected chi connectivity index (χ0v) is 12.5. The van der Waals surface area contributed by atoms with Crippen molar-refractivity contribution in [3.63, 3.8) is 0 Å². The number of carbonyl (C=O) groups excluding carboxylic acids is 2. The highest BCUT2D eigenvalue weighted by atomic mass is 16.2. The molecular formula is C18H17N3O2. The molecule has 0 radical (unpaired) electrons. The van der Waals surface area contributed by atoms with Gasteiger partial charge in [0.05, 0.1) is 0 Å². The molecule has 0 saturated heterocycles. The Labute approximate surface area is 133 Å². The minimum atomic E-state index is -0.328. The normalized spacial score (nSPS) is 10.4. The fraction of sp³-hybridized carbons (Fsp3) is 0.111. The average molecular weight is 307 g/mol. The summed E-state index contributed by atoms with van der Waals surface area (Å²) in [5, 5.41) is 1.12. The molecule has 3 rings (SSSR count). The second kappa shape index (κ2) is 6.79. The van der Waals surface area contributed by atoms with E-state index < -0.39 is 0 Å². The summed E-state index contributed by atoms with van der Waals surface area (Å²) < 4.78 is 0. The number of para-hydroxylation sites is 1. The highest BCUT2D eigenvalue weighted by molar-refractivity contribution is 5.95. The summed E-state index contributed by atoms with van der Waals surface area (Å²) in [5.74, 6) is -0.550. The number of aryl methyl sites for hydroxylation is 1. The van der Waals surface area contributed by atoms with Crippen LogP contribution in [0.5, 0.6) is 0 Å². The Balaban J connectivity index is 1.51. The molecule has 0 fully saturated rings. The van der Waals surface area contributed by atoms with Crippen LogP contribution in [-0.2, 0) is 11.2 Å². The van der Waals surface area contributed by atoms with E-state index in [1.807, 2.05) is 36.5 Å². The zero-order valence-electron chi connectivity index (χ0n) is 12.5. The Morgan fingerprint density at radius 2 is 1.65 bits per heavy atom. The van der Waals surface area contributed by atoms with Gasteiger partial charge in [-0.05, 0) is 30.2 Å². The predicted molar refractivity (Wildman–Crippen MR) is 88.7 cm³/mol. The van der Waals surface area contributed by atoms with E-state index in [-0.39, 0.29) is 11.8 Å². The van der Waals surface area contributed by atoms with Gasteiger partial charge in [0.1, 0.15) is 0 Å². The second-order valence-corrected chi connectivity index (χ2v) is 5.23. The van der Waals surface area contributed by atoms with Crippen LogP contribution in [0.2, 0.25) is 0 Å². The van der Waals surface area contributed by atoms with Gasteiger partial charge in [0, 0.05) is 29.1 Å². The van der Waals surface area contributed by atoms with Gasteiger partial charge >= 0.3 is 0 Å². The Kier molecular flexibility index (Phi) is 4.38. The van der Waals surface area contributed by atoms with Crippen molar-refractivity contribution < 1.29 is 9.59 Å². The maximum absolute atomic E-state index is 11.9. The average Bonchev–Trinajstić information content (AvgIpc) is 3.02. The Morgan fingerprint density at radius 3 is 2.48 bits per heavy atom. The van der Waals surface area contributed by atoms with Gasteiger partial charge in [-0.1, -0.05) is 36.4 Å². The van der Waals surface area contributed by atoms with Crippen molar-refractivity contribution >= 4 is 22.7 Å². The molecule has 0 atom stereocenters. The molecule has 1 aromatic heterocycles. The van der Waals surface area contributed by atoms with Crippen LogP contribution < -0.4 is 10.9 Å². The van der Waals surface area contributed by atoms with Gasteiger partial charge in [-0.3, -0.25) is 20.4 Å². The summed E-state index contributed by atoms with van der Waals surface area (Å²) in [6.07, 6.45) is 2.83. The van der Waals surface area contributed by atoms with Gasteiger partial charge in [0.25, 0.3) is 5.91 Å². The predicted octanol–water partition coefficient (Wildman–Crippen LogP) is 2.56. The van der Waals surface area contributed by atoms with Crippen molar-refractivity contribution in [3.05, 3.63) is 71.9 Å². The highest BCUT2D eigenvalue weighted by Crippen LogP contribution is 2.18. The van der Waals surface area contributed by atoms with Crippen LogP contribution in [0.4, 0.5) is 0 Å². The molecule has 1 heterocycles. The SMILES string of the molecule is O=C(CCc1c[nH]c2ccccc12)NNC(=O)c1ccccc1. The standard InChI is InChI=1S/C18H17N3O2/c22-17(20-21-18(23)13-6-2-1-3-7-13)11-10-14-12-19-16-9-5-4-8-15(14)16/h1-9,12,19H,10-11H2,(H,20,22)(H,21,23). The minimum absolute atomic E-state index is 0.223. The van der Waals surface area contributed by atoms with Crippen LogP contribution in [0.3, 0.4) is 0 Å². The number of fused-ring (bicyclic) bond motifs is 1. The van der Waals surface area contributed by atoms with Crippen molar-refractivity contribution in [2.24, 2.45) is 0 Å². The summed E-state index contributed by atoms with van der Waals surface area (Å²) in [4.78, 5) is 26.9. The van der Waals surface area contributed by atoms with E-state index in [1.54, 1.807) is 24.3 Å². The van der Waals surface area contributed by atoms with Crippen molar-refractivity contribution in [1.29, 1.82) is 0 Å². The lowest BCUT2D eigenvalue weighted by Gasteiger charge is -2.07. The lowest BCUT2D eigenvalue weighted by atomic mass is 10.1. The fourth-order valence-electron chi connectivity index (χ4n) is 2.44. The van der Waals surface area contributed by atoms with Gasteiger partial charge in [-0.25, -0.2) is 0 Å². The van der Waals surface area contributed by atoms with Gasteiger partial charge in [-0.2, -0.15) is 0 Å². The van der Waals surface area contributed by atoms with E-state index in [2.05, 4.69) is 15.8 Å². The first-order chi connectivity index (χ1) is 11.2. The topological polar surface area (TPSA) is 74.0 Å². The number of H-pyrrole nitrogens is 1. The first-order valence-electron chi connectivity index (χ1n) is 7.43. The molecule has 116 valence electrons. The van der Waals surface area contributed by atoms with E-state index >= 15 is 0 Å². The summed E-state index contributed by atoms with van der Waals surface area (Å²) in [6.45, 7) is 0. The lowest BCUT2D eigenvalue weighted by molar-refractivity contribution is -0.121. The number of hydrogen-bond acceptors (Lipinski definition) is 2. The lowest BCUT2D eigenvalue weighted by Crippen LogP contribution is -2.41. The molecule has 0 spiro atoms. The zero-order chi connectivity index (χ0) is 16.1. The number of rotatable bonds is 4. The third kappa shape index (κ3) is 3.58. The maximum atomic E-state index is 11.9. The number of amides is 2. The highest BCUT2D eigenvalue weighted by Gasteiger charge is 2.08. The number of hydrogen-bond donors (Lipinski definition) is 3. The third-order valence-corrected chi connectivity index (χ3v) is 3.65. The first-order valence-corrected chi connectivity index (χ1v) is 7.43. The summed E-state index contributed by atoms with van der Waals surface area (Å²) in [5.41, 5.74) is 7.51. The number of carbonyl (C=O) groups is 2. The van der Waals surface area contributed by atoms with Gasteiger partial charge in [0.15, 0.2) is 0 Å². The molecule has 2 aromatic carbocycles. The van der Waals surface area contributed by atoms with E-state index in [4.69, 9.17) is 0 Å². The summed E-state index contributed by atoms with van der Waals surface area (Å²) in [7, 11) is 0. The maximum Gasteiger partial charge on any atom is 0.269 e. The van der Waals surface area contributed by atoms with Crippen LogP contribution in [0.25, 0.3) is 10.9 Å². The van der Waals surface area contributed by atoms with Crippen LogP contribution in [0.15, 0.2) is 60.8 Å². The minimum Gasteiger partial charge on any atom is -0.361 e. The Bertz CT molecular complexity index is 824. The largest absolute Gasteiger partial charge is 0.361 e. The first kappa shape index (κ1) is 14.8. The van der Waals surface area contributed by atoms with Crippen molar-refractivity contribution in [3.8, 4) is 0 Å². The molecule has 0 saturated carbocycles.